The van der Waals surface area contributed by atoms with Crippen molar-refractivity contribution < 1.29 is 13.2 Å². The van der Waals surface area contributed by atoms with Crippen LogP contribution >= 0.6 is 23.2 Å². The lowest BCUT2D eigenvalue weighted by molar-refractivity contribution is 0.476. The average Bonchev–Trinajstić information content (AvgIpc) is 2.33. The van der Waals surface area contributed by atoms with Crippen LogP contribution in [0.3, 0.4) is 0 Å². The number of ether oxygens (including phenoxy) is 1. The predicted octanol–water partition coefficient (Wildman–Crippen LogP) is 3.93. The Kier molecular flexibility index (Phi) is 2.55. The molecule has 0 fully saturated rings. The lowest BCUT2D eigenvalue weighted by Crippen LogP contribution is -2.16. The van der Waals surface area contributed by atoms with Gasteiger partial charge in [-0.3, -0.25) is 0 Å². The van der Waals surface area contributed by atoms with Crippen LogP contribution in [0, 0.1) is 0 Å². The molecule has 4 rings (SSSR count). The van der Waals surface area contributed by atoms with E-state index < -0.39 is 9.84 Å². The minimum atomic E-state index is -3.45. The van der Waals surface area contributed by atoms with E-state index in [1.807, 2.05) is 18.2 Å². The zero-order valence-corrected chi connectivity index (χ0v) is 11.2. The minimum absolute atomic E-state index is 0.0267. The van der Waals surface area contributed by atoms with Crippen molar-refractivity contribution in [3.8, 4) is 11.5 Å². The Balaban J connectivity index is 2.07. The van der Waals surface area contributed by atoms with E-state index in [4.69, 9.17) is 27.9 Å². The summed E-state index contributed by atoms with van der Waals surface area (Å²) in [6.45, 7) is 0. The van der Waals surface area contributed by atoms with Gasteiger partial charge >= 0.3 is 0 Å². The Morgan fingerprint density at radius 3 is 2.22 bits per heavy atom. The van der Waals surface area contributed by atoms with Crippen molar-refractivity contribution in [3.05, 3.63) is 46.4 Å². The summed E-state index contributed by atoms with van der Waals surface area (Å²) in [6, 6.07) is 10.3. The molecule has 0 saturated carbocycles. The summed E-state index contributed by atoms with van der Waals surface area (Å²) >= 11 is 11.8. The number of para-hydroxylation sites is 1. The standard InChI is InChI=1S/C12H6Cl2O3S/c13-10-8(17-7-4-2-1-3-5-7)6-9-11(14)12(10)18(9,15)16/h1-6H. The number of benzene rings is 2. The molecule has 0 saturated heterocycles. The Hall–Kier alpha value is -1.23. The molecule has 2 heterocycles. The SMILES string of the molecule is O=S1(=O)c2cc(Oc3ccccc3)c(Cl)c1c2Cl. The molecule has 0 aromatic heterocycles. The summed E-state index contributed by atoms with van der Waals surface area (Å²) in [5, 5.41) is 0.208. The molecule has 0 amide bonds. The highest BCUT2D eigenvalue weighted by Gasteiger charge is 2.40. The fraction of sp³-hybridized carbons (Fsp3) is 0. The number of sulfone groups is 1. The van der Waals surface area contributed by atoms with Crippen LogP contribution in [0.1, 0.15) is 0 Å². The van der Waals surface area contributed by atoms with E-state index in [1.165, 1.54) is 6.07 Å². The van der Waals surface area contributed by atoms with Crippen molar-refractivity contribution in [2.75, 3.05) is 0 Å². The summed E-state index contributed by atoms with van der Waals surface area (Å²) < 4.78 is 28.9. The largest absolute Gasteiger partial charge is 0.456 e. The van der Waals surface area contributed by atoms with Crippen LogP contribution in [0.2, 0.25) is 10.0 Å². The van der Waals surface area contributed by atoms with Gasteiger partial charge in [-0.2, -0.15) is 0 Å². The monoisotopic (exact) mass is 300 g/mol. The second-order valence-corrected chi connectivity index (χ2v) is 6.36. The summed E-state index contributed by atoms with van der Waals surface area (Å²) in [5.41, 5.74) is 0. The summed E-state index contributed by atoms with van der Waals surface area (Å²) in [6.07, 6.45) is 0. The first kappa shape index (κ1) is 11.8. The second-order valence-electron chi connectivity index (χ2n) is 3.75. The van der Waals surface area contributed by atoms with E-state index in [-0.39, 0.29) is 19.8 Å². The van der Waals surface area contributed by atoms with Crippen molar-refractivity contribution in [3.63, 3.8) is 0 Å². The lowest BCUT2D eigenvalue weighted by Gasteiger charge is -2.23. The van der Waals surface area contributed by atoms with Gasteiger partial charge in [0.2, 0.25) is 9.84 Å². The van der Waals surface area contributed by atoms with Gasteiger partial charge in [-0.05, 0) is 12.1 Å². The number of hydrogen-bond acceptors (Lipinski definition) is 3. The van der Waals surface area contributed by atoms with E-state index >= 15 is 0 Å². The minimum Gasteiger partial charge on any atom is -0.456 e. The zero-order valence-electron chi connectivity index (χ0n) is 8.85. The number of halogens is 2. The smallest absolute Gasteiger partial charge is 0.211 e. The molecule has 0 aliphatic carbocycles. The third-order valence-corrected chi connectivity index (χ3v) is 5.57. The van der Waals surface area contributed by atoms with Gasteiger partial charge < -0.3 is 4.74 Å². The molecule has 92 valence electrons. The van der Waals surface area contributed by atoms with Gasteiger partial charge in [-0.25, -0.2) is 8.42 Å². The Bertz CT molecular complexity index is 740. The number of rotatable bonds is 2. The van der Waals surface area contributed by atoms with Crippen LogP contribution in [0.25, 0.3) is 0 Å². The lowest BCUT2D eigenvalue weighted by atomic mass is 10.3. The molecule has 0 radical (unpaired) electrons. The predicted molar refractivity (Wildman–Crippen MR) is 68.4 cm³/mol. The summed E-state index contributed by atoms with van der Waals surface area (Å²) in [7, 11) is -3.45. The normalized spacial score (nSPS) is 15.0. The van der Waals surface area contributed by atoms with Crippen LogP contribution in [-0.2, 0) is 9.84 Å². The fourth-order valence-electron chi connectivity index (χ4n) is 1.75. The topological polar surface area (TPSA) is 43.4 Å². The fourth-order valence-corrected chi connectivity index (χ4v) is 4.40. The molecule has 6 heteroatoms. The van der Waals surface area contributed by atoms with Crippen molar-refractivity contribution >= 4 is 33.0 Å². The van der Waals surface area contributed by atoms with Crippen molar-refractivity contribution in [1.29, 1.82) is 0 Å². The van der Waals surface area contributed by atoms with Crippen LogP contribution in [0.4, 0.5) is 0 Å². The number of fused-ring (bicyclic) bond motifs is 2. The molecule has 0 N–H and O–H groups in total. The van der Waals surface area contributed by atoms with Crippen LogP contribution in [0.5, 0.6) is 11.5 Å². The Morgan fingerprint density at radius 2 is 1.67 bits per heavy atom. The van der Waals surface area contributed by atoms with E-state index in [0.29, 0.717) is 11.5 Å². The molecule has 18 heavy (non-hydrogen) atoms. The van der Waals surface area contributed by atoms with Gasteiger partial charge in [0.1, 0.15) is 21.4 Å². The Labute approximate surface area is 114 Å². The van der Waals surface area contributed by atoms with Gasteiger partial charge in [-0.1, -0.05) is 41.4 Å². The van der Waals surface area contributed by atoms with E-state index in [1.54, 1.807) is 12.1 Å². The zero-order chi connectivity index (χ0) is 12.9. The highest BCUT2D eigenvalue weighted by Crippen LogP contribution is 2.52. The molecule has 2 aliphatic rings. The van der Waals surface area contributed by atoms with Crippen molar-refractivity contribution in [2.24, 2.45) is 0 Å². The van der Waals surface area contributed by atoms with Crippen molar-refractivity contribution in [2.45, 2.75) is 9.79 Å². The molecule has 2 aliphatic heterocycles. The summed E-state index contributed by atoms with van der Waals surface area (Å²) in [4.78, 5) is 0.0174. The van der Waals surface area contributed by atoms with Gasteiger partial charge in [-0.15, -0.1) is 0 Å². The molecule has 3 nitrogen and oxygen atoms in total. The quantitative estimate of drug-likeness (QED) is 0.720. The highest BCUT2D eigenvalue weighted by atomic mass is 35.5. The maximum atomic E-state index is 11.7. The Morgan fingerprint density at radius 1 is 1.00 bits per heavy atom. The highest BCUT2D eigenvalue weighted by molar-refractivity contribution is 7.93. The van der Waals surface area contributed by atoms with Crippen LogP contribution in [-0.4, -0.2) is 8.42 Å². The molecular formula is C12H6Cl2O3S. The van der Waals surface area contributed by atoms with Gasteiger partial charge in [0.05, 0.1) is 9.92 Å². The first-order valence-electron chi connectivity index (χ1n) is 5.02. The molecule has 2 bridgehead atoms. The molecular weight excluding hydrogens is 295 g/mol. The first-order valence-corrected chi connectivity index (χ1v) is 7.25. The van der Waals surface area contributed by atoms with Crippen LogP contribution in [0.15, 0.2) is 46.2 Å². The third kappa shape index (κ3) is 1.53. The van der Waals surface area contributed by atoms with E-state index in [2.05, 4.69) is 0 Å². The van der Waals surface area contributed by atoms with E-state index in [9.17, 15) is 8.42 Å². The summed E-state index contributed by atoms with van der Waals surface area (Å²) in [5.74, 6) is 0.880. The third-order valence-electron chi connectivity index (χ3n) is 2.62. The number of hydrogen-bond donors (Lipinski definition) is 0. The molecule has 0 unspecified atom stereocenters. The van der Waals surface area contributed by atoms with Gasteiger partial charge in [0.15, 0.2) is 0 Å². The second kappa shape index (κ2) is 3.88. The molecule has 0 atom stereocenters. The van der Waals surface area contributed by atoms with Gasteiger partial charge in [0, 0.05) is 6.07 Å². The first-order chi connectivity index (χ1) is 8.51. The van der Waals surface area contributed by atoms with Crippen molar-refractivity contribution in [1.82, 2.24) is 0 Å². The maximum Gasteiger partial charge on any atom is 0.211 e. The van der Waals surface area contributed by atoms with E-state index in [0.717, 1.165) is 0 Å². The van der Waals surface area contributed by atoms with Crippen LogP contribution < -0.4 is 4.74 Å². The maximum absolute atomic E-state index is 11.7. The average molecular weight is 301 g/mol. The molecule has 2 aromatic carbocycles. The molecule has 2 aromatic rings. The molecule has 0 spiro atoms. The van der Waals surface area contributed by atoms with Gasteiger partial charge in [0.25, 0.3) is 0 Å².